The summed E-state index contributed by atoms with van der Waals surface area (Å²) in [5, 5.41) is 2.71. The number of nitrogens with two attached hydrogens (primary N) is 1. The van der Waals surface area contributed by atoms with Crippen LogP contribution in [0.5, 0.6) is 0 Å². The number of benzene rings is 1. The molecule has 0 aromatic heterocycles. The van der Waals surface area contributed by atoms with Crippen LogP contribution in [0.25, 0.3) is 0 Å². The highest BCUT2D eigenvalue weighted by atomic mass is 32.2. The van der Waals surface area contributed by atoms with Gasteiger partial charge in [0, 0.05) is 34.9 Å². The largest absolute Gasteiger partial charge is 0.351 e. The SMILES string of the molecule is Cc1cc(C(=O)NCCS(C)=O)ccc1NN. The fourth-order valence-electron chi connectivity index (χ4n) is 1.38. The number of hydrazine groups is 1. The maximum absolute atomic E-state index is 11.7. The molecule has 4 N–H and O–H groups in total. The minimum absolute atomic E-state index is 0.165. The summed E-state index contributed by atoms with van der Waals surface area (Å²) in [5.41, 5.74) is 4.81. The molecule has 0 saturated carbocycles. The molecule has 1 unspecified atom stereocenters. The molecule has 1 rings (SSSR count). The van der Waals surface area contributed by atoms with Gasteiger partial charge < -0.3 is 10.7 Å². The summed E-state index contributed by atoms with van der Waals surface area (Å²) in [6.45, 7) is 2.28. The number of nitrogens with one attached hydrogen (secondary N) is 2. The van der Waals surface area contributed by atoms with Crippen molar-refractivity contribution in [3.63, 3.8) is 0 Å². The maximum atomic E-state index is 11.7. The highest BCUT2D eigenvalue weighted by molar-refractivity contribution is 7.84. The van der Waals surface area contributed by atoms with Crippen LogP contribution in [0.3, 0.4) is 0 Å². The average molecular weight is 255 g/mol. The number of carbonyl (C=O) groups excluding carboxylic acids is 1. The van der Waals surface area contributed by atoms with Gasteiger partial charge in [0.1, 0.15) is 0 Å². The minimum atomic E-state index is -0.889. The molecule has 0 bridgehead atoms. The van der Waals surface area contributed by atoms with Crippen molar-refractivity contribution in [2.45, 2.75) is 6.92 Å². The summed E-state index contributed by atoms with van der Waals surface area (Å²) in [7, 11) is -0.889. The van der Waals surface area contributed by atoms with E-state index < -0.39 is 10.8 Å². The van der Waals surface area contributed by atoms with Gasteiger partial charge in [0.15, 0.2) is 0 Å². The Bertz CT molecular complexity index is 435. The molecule has 0 spiro atoms. The highest BCUT2D eigenvalue weighted by Gasteiger charge is 2.06. The zero-order valence-electron chi connectivity index (χ0n) is 9.95. The Balaban J connectivity index is 2.63. The van der Waals surface area contributed by atoms with Gasteiger partial charge in [0.2, 0.25) is 0 Å². The first-order valence-corrected chi connectivity index (χ1v) is 6.93. The summed E-state index contributed by atoms with van der Waals surface area (Å²) in [5.74, 6) is 5.61. The Labute approximate surface area is 103 Å². The van der Waals surface area contributed by atoms with E-state index >= 15 is 0 Å². The Morgan fingerprint density at radius 1 is 1.47 bits per heavy atom. The smallest absolute Gasteiger partial charge is 0.251 e. The van der Waals surface area contributed by atoms with Crippen LogP contribution < -0.4 is 16.6 Å². The number of nitrogen functional groups attached to an aromatic ring is 1. The monoisotopic (exact) mass is 255 g/mol. The molecule has 1 atom stereocenters. The van der Waals surface area contributed by atoms with Crippen molar-refractivity contribution in [1.82, 2.24) is 5.32 Å². The van der Waals surface area contributed by atoms with Gasteiger partial charge in [-0.15, -0.1) is 0 Å². The van der Waals surface area contributed by atoms with E-state index in [1.165, 1.54) is 0 Å². The molecule has 0 aliphatic heterocycles. The van der Waals surface area contributed by atoms with E-state index in [4.69, 9.17) is 5.84 Å². The van der Waals surface area contributed by atoms with Gasteiger partial charge in [-0.3, -0.25) is 14.8 Å². The van der Waals surface area contributed by atoms with Crippen LogP contribution >= 0.6 is 0 Å². The predicted molar refractivity (Wildman–Crippen MR) is 70.3 cm³/mol. The van der Waals surface area contributed by atoms with Crippen LogP contribution in [0, 0.1) is 6.92 Å². The summed E-state index contributed by atoms with van der Waals surface area (Å²) < 4.78 is 10.8. The van der Waals surface area contributed by atoms with Crippen LogP contribution in [0.2, 0.25) is 0 Å². The second-order valence-electron chi connectivity index (χ2n) is 3.71. The lowest BCUT2D eigenvalue weighted by Crippen LogP contribution is -2.27. The Morgan fingerprint density at radius 3 is 2.71 bits per heavy atom. The molecule has 1 aromatic rings. The molecule has 0 heterocycles. The van der Waals surface area contributed by atoms with Crippen LogP contribution in [-0.4, -0.2) is 28.7 Å². The standard InChI is InChI=1S/C11H17N3O2S/c1-8-7-9(3-4-10(8)14-12)11(15)13-5-6-17(2)16/h3-4,7,14H,5-6,12H2,1-2H3,(H,13,15). The molecular formula is C11H17N3O2S. The van der Waals surface area contributed by atoms with Crippen molar-refractivity contribution >= 4 is 22.4 Å². The molecule has 0 saturated heterocycles. The number of hydrogen-bond acceptors (Lipinski definition) is 4. The first-order valence-electron chi connectivity index (χ1n) is 5.20. The van der Waals surface area contributed by atoms with Gasteiger partial charge in [-0.1, -0.05) is 0 Å². The molecule has 1 aromatic carbocycles. The fourth-order valence-corrected chi connectivity index (χ4v) is 1.77. The summed E-state index contributed by atoms with van der Waals surface area (Å²) in [6.07, 6.45) is 1.61. The molecule has 6 heteroatoms. The number of rotatable bonds is 5. The lowest BCUT2D eigenvalue weighted by atomic mass is 10.1. The topological polar surface area (TPSA) is 84.2 Å². The van der Waals surface area contributed by atoms with Crippen molar-refractivity contribution in [1.29, 1.82) is 0 Å². The van der Waals surface area contributed by atoms with E-state index in [-0.39, 0.29) is 5.91 Å². The lowest BCUT2D eigenvalue weighted by Gasteiger charge is -2.08. The zero-order chi connectivity index (χ0) is 12.8. The second-order valence-corrected chi connectivity index (χ2v) is 5.26. The molecular weight excluding hydrogens is 238 g/mol. The van der Waals surface area contributed by atoms with Gasteiger partial charge in [0.05, 0.1) is 5.69 Å². The first-order chi connectivity index (χ1) is 8.04. The van der Waals surface area contributed by atoms with Crippen molar-refractivity contribution in [2.75, 3.05) is 24.0 Å². The van der Waals surface area contributed by atoms with Crippen LogP contribution in [0.4, 0.5) is 5.69 Å². The first kappa shape index (κ1) is 13.7. The van der Waals surface area contributed by atoms with Gasteiger partial charge >= 0.3 is 0 Å². The van der Waals surface area contributed by atoms with Crippen LogP contribution in [-0.2, 0) is 10.8 Å². The Kier molecular flexibility index (Phi) is 5.11. The predicted octanol–water partition coefficient (Wildman–Crippen LogP) is 0.389. The second kappa shape index (κ2) is 6.36. The molecule has 0 fully saturated rings. The van der Waals surface area contributed by atoms with Gasteiger partial charge in [-0.25, -0.2) is 0 Å². The fraction of sp³-hybridized carbons (Fsp3) is 0.364. The third-order valence-corrected chi connectivity index (χ3v) is 3.10. The quantitative estimate of drug-likeness (QED) is 0.525. The maximum Gasteiger partial charge on any atom is 0.251 e. The van der Waals surface area contributed by atoms with Gasteiger partial charge in [0.25, 0.3) is 5.91 Å². The summed E-state index contributed by atoms with van der Waals surface area (Å²) in [4.78, 5) is 11.7. The van der Waals surface area contributed by atoms with E-state index in [1.54, 1.807) is 24.5 Å². The van der Waals surface area contributed by atoms with E-state index in [9.17, 15) is 9.00 Å². The highest BCUT2D eigenvalue weighted by Crippen LogP contribution is 2.14. The number of anilines is 1. The normalized spacial score (nSPS) is 11.9. The molecule has 0 aliphatic carbocycles. The molecule has 17 heavy (non-hydrogen) atoms. The number of carbonyl (C=O) groups is 1. The van der Waals surface area contributed by atoms with Crippen molar-refractivity contribution < 1.29 is 9.00 Å². The van der Waals surface area contributed by atoms with Crippen LogP contribution in [0.1, 0.15) is 15.9 Å². The summed E-state index contributed by atoms with van der Waals surface area (Å²) in [6, 6.07) is 5.20. The summed E-state index contributed by atoms with van der Waals surface area (Å²) >= 11 is 0. The molecule has 1 amide bonds. The Hall–Kier alpha value is -1.40. The van der Waals surface area contributed by atoms with E-state index in [0.29, 0.717) is 17.9 Å². The lowest BCUT2D eigenvalue weighted by molar-refractivity contribution is 0.0956. The third-order valence-electron chi connectivity index (χ3n) is 2.32. The molecule has 94 valence electrons. The zero-order valence-corrected chi connectivity index (χ0v) is 10.8. The Morgan fingerprint density at radius 2 is 2.18 bits per heavy atom. The van der Waals surface area contributed by atoms with E-state index in [0.717, 1.165) is 11.3 Å². The van der Waals surface area contributed by atoms with Gasteiger partial charge in [-0.05, 0) is 30.7 Å². The van der Waals surface area contributed by atoms with Crippen molar-refractivity contribution in [2.24, 2.45) is 5.84 Å². The van der Waals surface area contributed by atoms with E-state index in [1.807, 2.05) is 6.92 Å². The minimum Gasteiger partial charge on any atom is -0.351 e. The number of hydrogen-bond donors (Lipinski definition) is 3. The molecule has 5 nitrogen and oxygen atoms in total. The van der Waals surface area contributed by atoms with Crippen molar-refractivity contribution in [3.05, 3.63) is 29.3 Å². The third kappa shape index (κ3) is 4.16. The number of amides is 1. The molecule has 0 aliphatic rings. The average Bonchev–Trinajstić information content (AvgIpc) is 2.28. The van der Waals surface area contributed by atoms with Crippen LogP contribution in [0.15, 0.2) is 18.2 Å². The van der Waals surface area contributed by atoms with E-state index in [2.05, 4.69) is 10.7 Å². The van der Waals surface area contributed by atoms with Crippen molar-refractivity contribution in [3.8, 4) is 0 Å². The number of aryl methyl sites for hydroxylation is 1. The van der Waals surface area contributed by atoms with Gasteiger partial charge in [-0.2, -0.15) is 0 Å². The molecule has 0 radical (unpaired) electrons.